The molecule has 2 aromatic heterocycles. The summed E-state index contributed by atoms with van der Waals surface area (Å²) in [5, 5.41) is 11.8. The molecule has 0 bridgehead atoms. The highest BCUT2D eigenvalue weighted by atomic mass is 16.5. The van der Waals surface area contributed by atoms with E-state index in [0.717, 1.165) is 102 Å². The Morgan fingerprint density at radius 3 is 2.97 bits per heavy atom. The van der Waals surface area contributed by atoms with Crippen molar-refractivity contribution >= 4 is 5.96 Å². The Kier molecular flexibility index (Phi) is 8.17. The maximum Gasteiger partial charge on any atom is 0.191 e. The normalized spacial score (nSPS) is 19.8. The van der Waals surface area contributed by atoms with Crippen LogP contribution >= 0.6 is 0 Å². The highest BCUT2D eigenvalue weighted by molar-refractivity contribution is 5.80. The summed E-state index contributed by atoms with van der Waals surface area (Å²) < 4.78 is 13.0. The largest absolute Gasteiger partial charge is 0.469 e. The van der Waals surface area contributed by atoms with Crippen molar-refractivity contribution in [1.82, 2.24) is 30.3 Å². The number of aromatic nitrogens is 3. The summed E-state index contributed by atoms with van der Waals surface area (Å²) >= 11 is 0. The molecule has 4 rings (SSSR count). The lowest BCUT2D eigenvalue weighted by Crippen LogP contribution is -2.47. The predicted octanol–water partition coefficient (Wildman–Crippen LogP) is 1.81. The van der Waals surface area contributed by atoms with Crippen LogP contribution in [0.2, 0.25) is 0 Å². The number of rotatable bonds is 9. The number of hydrogen-bond acceptors (Lipinski definition) is 6. The Balaban J connectivity index is 1.30. The van der Waals surface area contributed by atoms with Crippen LogP contribution in [0.25, 0.3) is 0 Å². The van der Waals surface area contributed by atoms with Crippen LogP contribution in [0.15, 0.2) is 27.8 Å². The van der Waals surface area contributed by atoms with Crippen LogP contribution in [0.3, 0.4) is 0 Å². The number of furan rings is 1. The van der Waals surface area contributed by atoms with Crippen LogP contribution < -0.4 is 10.6 Å². The molecule has 176 valence electrons. The molecule has 2 aromatic rings. The SMILES string of the molecule is CC(C)c1nc2n(n1)CC(NC(=NCCCN1CCOCC1)NCCc1ccco1)CC2. The molecule has 2 N–H and O–H groups in total. The molecule has 9 nitrogen and oxygen atoms in total. The standard InChI is InChI=1S/C23H37N7O2/c1-18(2)22-27-21-7-6-19(17-30(21)28-22)26-23(25-10-8-20-5-3-14-32-20)24-9-4-11-29-12-15-31-16-13-29/h3,5,14,18-19H,4,6-13,15-17H2,1-2H3,(H2,24,25,26). The van der Waals surface area contributed by atoms with Crippen molar-refractivity contribution in [3.63, 3.8) is 0 Å². The average Bonchev–Trinajstić information content (AvgIpc) is 3.47. The van der Waals surface area contributed by atoms with E-state index in [2.05, 4.69) is 34.1 Å². The Labute approximate surface area is 190 Å². The Morgan fingerprint density at radius 1 is 1.31 bits per heavy atom. The van der Waals surface area contributed by atoms with Crippen molar-refractivity contribution in [3.05, 3.63) is 35.8 Å². The number of morpholine rings is 1. The molecule has 2 aliphatic rings. The molecule has 0 amide bonds. The van der Waals surface area contributed by atoms with E-state index < -0.39 is 0 Å². The third kappa shape index (κ3) is 6.56. The number of hydrogen-bond donors (Lipinski definition) is 2. The third-order valence-corrected chi connectivity index (χ3v) is 5.98. The summed E-state index contributed by atoms with van der Waals surface area (Å²) in [7, 11) is 0. The lowest BCUT2D eigenvalue weighted by Gasteiger charge is -2.26. The third-order valence-electron chi connectivity index (χ3n) is 5.98. The van der Waals surface area contributed by atoms with Crippen LogP contribution in [0, 0.1) is 0 Å². The fraction of sp³-hybridized carbons (Fsp3) is 0.696. The molecular weight excluding hydrogens is 406 g/mol. The summed E-state index contributed by atoms with van der Waals surface area (Å²) in [6, 6.07) is 4.23. The van der Waals surface area contributed by atoms with Gasteiger partial charge in [0.05, 0.1) is 26.0 Å². The fourth-order valence-electron chi connectivity index (χ4n) is 4.11. The van der Waals surface area contributed by atoms with Gasteiger partial charge >= 0.3 is 0 Å². The second kappa shape index (κ2) is 11.5. The molecule has 2 aliphatic heterocycles. The van der Waals surface area contributed by atoms with E-state index in [4.69, 9.17) is 24.2 Å². The number of fused-ring (bicyclic) bond motifs is 1. The van der Waals surface area contributed by atoms with Gasteiger partial charge in [-0.1, -0.05) is 13.8 Å². The molecule has 0 aliphatic carbocycles. The van der Waals surface area contributed by atoms with Crippen molar-refractivity contribution in [2.24, 2.45) is 4.99 Å². The van der Waals surface area contributed by atoms with Gasteiger partial charge in [-0.05, 0) is 25.0 Å². The van der Waals surface area contributed by atoms with Crippen LogP contribution in [-0.2, 0) is 24.1 Å². The van der Waals surface area contributed by atoms with Crippen LogP contribution in [0.5, 0.6) is 0 Å². The lowest BCUT2D eigenvalue weighted by molar-refractivity contribution is 0.0377. The Hall–Kier alpha value is -2.39. The average molecular weight is 444 g/mol. The van der Waals surface area contributed by atoms with Gasteiger partial charge in [-0.15, -0.1) is 0 Å². The number of nitrogens with one attached hydrogen (secondary N) is 2. The van der Waals surface area contributed by atoms with E-state index in [-0.39, 0.29) is 0 Å². The van der Waals surface area contributed by atoms with Crippen LogP contribution in [-0.4, -0.2) is 77.6 Å². The van der Waals surface area contributed by atoms with Crippen molar-refractivity contribution in [2.45, 2.75) is 58.0 Å². The molecule has 1 atom stereocenters. The molecule has 0 aromatic carbocycles. The van der Waals surface area contributed by atoms with Crippen molar-refractivity contribution in [3.8, 4) is 0 Å². The summed E-state index contributed by atoms with van der Waals surface area (Å²) in [5.74, 6) is 4.24. The van der Waals surface area contributed by atoms with E-state index in [0.29, 0.717) is 12.0 Å². The highest BCUT2D eigenvalue weighted by Crippen LogP contribution is 2.17. The zero-order chi connectivity index (χ0) is 22.2. The van der Waals surface area contributed by atoms with Crippen molar-refractivity contribution < 1.29 is 9.15 Å². The fourth-order valence-corrected chi connectivity index (χ4v) is 4.11. The van der Waals surface area contributed by atoms with Gasteiger partial charge in [0.2, 0.25) is 0 Å². The van der Waals surface area contributed by atoms with Crippen LogP contribution in [0.1, 0.15) is 50.0 Å². The number of ether oxygens (including phenoxy) is 1. The van der Waals surface area contributed by atoms with Gasteiger partial charge in [0, 0.05) is 57.5 Å². The highest BCUT2D eigenvalue weighted by Gasteiger charge is 2.23. The van der Waals surface area contributed by atoms with E-state index in [1.165, 1.54) is 0 Å². The monoisotopic (exact) mass is 443 g/mol. The van der Waals surface area contributed by atoms with Gasteiger partial charge in [0.15, 0.2) is 11.8 Å². The van der Waals surface area contributed by atoms with Crippen LogP contribution in [0.4, 0.5) is 0 Å². The number of nitrogens with zero attached hydrogens (tertiary/aromatic N) is 5. The zero-order valence-corrected chi connectivity index (χ0v) is 19.4. The number of aliphatic imine (C=N–C) groups is 1. The molecule has 1 saturated heterocycles. The summed E-state index contributed by atoms with van der Waals surface area (Å²) in [6.07, 6.45) is 5.56. The lowest BCUT2D eigenvalue weighted by atomic mass is 10.1. The molecule has 32 heavy (non-hydrogen) atoms. The first-order chi connectivity index (χ1) is 15.7. The maximum absolute atomic E-state index is 5.46. The first-order valence-corrected chi connectivity index (χ1v) is 12.0. The molecule has 9 heteroatoms. The summed E-state index contributed by atoms with van der Waals surface area (Å²) in [6.45, 7) is 11.5. The predicted molar refractivity (Wildman–Crippen MR) is 124 cm³/mol. The molecule has 4 heterocycles. The quantitative estimate of drug-likeness (QED) is 0.347. The Morgan fingerprint density at radius 2 is 2.19 bits per heavy atom. The minimum absolute atomic E-state index is 0.290. The van der Waals surface area contributed by atoms with Gasteiger partial charge in [0.1, 0.15) is 11.6 Å². The molecular formula is C23H37N7O2. The van der Waals surface area contributed by atoms with Gasteiger partial charge < -0.3 is 19.8 Å². The maximum atomic E-state index is 5.46. The van der Waals surface area contributed by atoms with E-state index >= 15 is 0 Å². The van der Waals surface area contributed by atoms with E-state index in [1.54, 1.807) is 6.26 Å². The molecule has 0 spiro atoms. The molecule has 0 saturated carbocycles. The minimum atomic E-state index is 0.290. The van der Waals surface area contributed by atoms with E-state index in [9.17, 15) is 0 Å². The van der Waals surface area contributed by atoms with Gasteiger partial charge in [0.25, 0.3) is 0 Å². The minimum Gasteiger partial charge on any atom is -0.469 e. The zero-order valence-electron chi connectivity index (χ0n) is 19.4. The Bertz CT molecular complexity index is 841. The second-order valence-corrected chi connectivity index (χ2v) is 8.90. The molecule has 1 fully saturated rings. The van der Waals surface area contributed by atoms with Gasteiger partial charge in [-0.3, -0.25) is 9.89 Å². The smallest absolute Gasteiger partial charge is 0.191 e. The first kappa shape index (κ1) is 22.8. The van der Waals surface area contributed by atoms with Crippen molar-refractivity contribution in [2.75, 3.05) is 45.9 Å². The molecule has 0 radical (unpaired) electrons. The van der Waals surface area contributed by atoms with E-state index in [1.807, 2.05) is 12.1 Å². The summed E-state index contributed by atoms with van der Waals surface area (Å²) in [5.41, 5.74) is 0. The van der Waals surface area contributed by atoms with Crippen molar-refractivity contribution in [1.29, 1.82) is 0 Å². The molecule has 1 unspecified atom stereocenters. The second-order valence-electron chi connectivity index (χ2n) is 8.90. The first-order valence-electron chi connectivity index (χ1n) is 12.0. The number of guanidine groups is 1. The van der Waals surface area contributed by atoms with Gasteiger partial charge in [-0.2, -0.15) is 5.10 Å². The van der Waals surface area contributed by atoms with Gasteiger partial charge in [-0.25, -0.2) is 9.67 Å². The summed E-state index contributed by atoms with van der Waals surface area (Å²) in [4.78, 5) is 12.0. The number of aryl methyl sites for hydroxylation is 1. The topological polar surface area (TPSA) is 92.7 Å².